The summed E-state index contributed by atoms with van der Waals surface area (Å²) < 4.78 is 7.19. The van der Waals surface area contributed by atoms with E-state index in [0.717, 1.165) is 0 Å². The fourth-order valence-corrected chi connectivity index (χ4v) is 2.22. The maximum atomic E-state index is 12.4. The molecule has 1 unspecified atom stereocenters. The van der Waals surface area contributed by atoms with Crippen LogP contribution in [0.5, 0.6) is 0 Å². The zero-order valence-corrected chi connectivity index (χ0v) is 13.2. The van der Waals surface area contributed by atoms with Crippen LogP contribution in [-0.2, 0) is 4.79 Å². The number of furan rings is 1. The van der Waals surface area contributed by atoms with Crippen molar-refractivity contribution in [1.82, 2.24) is 15.2 Å². The zero-order valence-electron chi connectivity index (χ0n) is 13.2. The predicted octanol–water partition coefficient (Wildman–Crippen LogP) is 1.50. The normalized spacial score (nSPS) is 11.6. The van der Waals surface area contributed by atoms with Crippen molar-refractivity contribution >= 4 is 11.8 Å². The molecule has 2 aromatic rings. The lowest BCUT2D eigenvalue weighted by Crippen LogP contribution is -2.44. The molecule has 0 saturated carbocycles. The Morgan fingerprint density at radius 1 is 1.39 bits per heavy atom. The summed E-state index contributed by atoms with van der Waals surface area (Å²) in [6.45, 7) is 5.46. The van der Waals surface area contributed by atoms with Crippen LogP contribution in [0, 0.1) is 18.3 Å². The van der Waals surface area contributed by atoms with E-state index in [1.54, 1.807) is 49.9 Å². The SMILES string of the molecule is CCNC(=O)C(C)NC(=O)c1c(C)oc(-n2cccc2)c1C#N. The van der Waals surface area contributed by atoms with Crippen LogP contribution >= 0.6 is 0 Å². The van der Waals surface area contributed by atoms with Crippen LogP contribution in [0.4, 0.5) is 0 Å². The quantitative estimate of drug-likeness (QED) is 0.873. The number of hydrogen-bond donors (Lipinski definition) is 2. The van der Waals surface area contributed by atoms with Gasteiger partial charge < -0.3 is 15.1 Å². The molecule has 0 saturated heterocycles. The van der Waals surface area contributed by atoms with Gasteiger partial charge in [-0.2, -0.15) is 5.26 Å². The average molecular weight is 314 g/mol. The Morgan fingerprint density at radius 3 is 2.61 bits per heavy atom. The number of carbonyl (C=O) groups excluding carboxylic acids is 2. The van der Waals surface area contributed by atoms with E-state index in [4.69, 9.17) is 4.42 Å². The third-order valence-corrected chi connectivity index (χ3v) is 3.34. The molecule has 0 fully saturated rings. The third kappa shape index (κ3) is 3.26. The molecular weight excluding hydrogens is 296 g/mol. The number of nitrogens with one attached hydrogen (secondary N) is 2. The maximum Gasteiger partial charge on any atom is 0.256 e. The first-order valence-electron chi connectivity index (χ1n) is 7.25. The van der Waals surface area contributed by atoms with Crippen molar-refractivity contribution in [2.75, 3.05) is 6.54 Å². The highest BCUT2D eigenvalue weighted by Gasteiger charge is 2.26. The minimum absolute atomic E-state index is 0.138. The van der Waals surface area contributed by atoms with Gasteiger partial charge >= 0.3 is 0 Å². The number of nitriles is 1. The largest absolute Gasteiger partial charge is 0.443 e. The van der Waals surface area contributed by atoms with Crippen LogP contribution in [0.3, 0.4) is 0 Å². The maximum absolute atomic E-state index is 12.4. The summed E-state index contributed by atoms with van der Waals surface area (Å²) in [5.41, 5.74) is 0.284. The molecule has 2 N–H and O–H groups in total. The van der Waals surface area contributed by atoms with Crippen LogP contribution in [0.1, 0.15) is 35.5 Å². The van der Waals surface area contributed by atoms with Gasteiger partial charge in [0.2, 0.25) is 11.8 Å². The van der Waals surface area contributed by atoms with Crippen molar-refractivity contribution in [3.05, 3.63) is 41.4 Å². The zero-order chi connectivity index (χ0) is 17.0. The highest BCUT2D eigenvalue weighted by atomic mass is 16.4. The van der Waals surface area contributed by atoms with Gasteiger partial charge in [0.1, 0.15) is 29.0 Å². The van der Waals surface area contributed by atoms with E-state index in [2.05, 4.69) is 10.6 Å². The van der Waals surface area contributed by atoms with E-state index >= 15 is 0 Å². The Labute approximate surface area is 133 Å². The van der Waals surface area contributed by atoms with E-state index in [1.807, 2.05) is 6.07 Å². The Hall–Kier alpha value is -3.01. The van der Waals surface area contributed by atoms with E-state index in [9.17, 15) is 14.9 Å². The standard InChI is InChI=1S/C16H18N4O3/c1-4-18-14(21)10(2)19-15(22)13-11(3)23-16(12(13)9-17)20-7-5-6-8-20/h5-8,10H,4H2,1-3H3,(H,18,21)(H,19,22). The summed E-state index contributed by atoms with van der Waals surface area (Å²) in [4.78, 5) is 24.2. The number of nitrogens with zero attached hydrogens (tertiary/aromatic N) is 2. The second-order valence-corrected chi connectivity index (χ2v) is 5.01. The molecule has 0 aliphatic heterocycles. The number of amides is 2. The fraction of sp³-hybridized carbons (Fsp3) is 0.312. The molecule has 0 aliphatic rings. The van der Waals surface area contributed by atoms with Gasteiger partial charge in [0, 0.05) is 18.9 Å². The summed E-state index contributed by atoms with van der Waals surface area (Å²) >= 11 is 0. The molecule has 2 heterocycles. The average Bonchev–Trinajstić information content (AvgIpc) is 3.13. The van der Waals surface area contributed by atoms with Crippen molar-refractivity contribution < 1.29 is 14.0 Å². The van der Waals surface area contributed by atoms with Crippen LogP contribution in [-0.4, -0.2) is 29.0 Å². The highest BCUT2D eigenvalue weighted by molar-refractivity contribution is 6.00. The molecule has 0 bridgehead atoms. The minimum Gasteiger partial charge on any atom is -0.443 e. The van der Waals surface area contributed by atoms with E-state index in [1.165, 1.54) is 0 Å². The molecule has 23 heavy (non-hydrogen) atoms. The number of carbonyl (C=O) groups is 2. The molecule has 0 aliphatic carbocycles. The summed E-state index contributed by atoms with van der Waals surface area (Å²) in [6, 6.07) is 4.87. The van der Waals surface area contributed by atoms with E-state index in [-0.39, 0.29) is 22.9 Å². The van der Waals surface area contributed by atoms with Gasteiger partial charge in [-0.3, -0.25) is 14.2 Å². The Kier molecular flexibility index (Phi) is 4.86. The van der Waals surface area contributed by atoms with Crippen molar-refractivity contribution in [2.24, 2.45) is 0 Å². The summed E-state index contributed by atoms with van der Waals surface area (Å²) in [5, 5.41) is 14.6. The molecule has 0 aromatic carbocycles. The van der Waals surface area contributed by atoms with Crippen molar-refractivity contribution in [1.29, 1.82) is 5.26 Å². The molecule has 7 nitrogen and oxygen atoms in total. The molecular formula is C16H18N4O3. The lowest BCUT2D eigenvalue weighted by Gasteiger charge is -2.13. The Morgan fingerprint density at radius 2 is 2.04 bits per heavy atom. The van der Waals surface area contributed by atoms with Crippen LogP contribution in [0.25, 0.3) is 5.88 Å². The summed E-state index contributed by atoms with van der Waals surface area (Å²) in [5.74, 6) is -0.192. The van der Waals surface area contributed by atoms with Crippen molar-refractivity contribution in [2.45, 2.75) is 26.8 Å². The molecule has 2 amide bonds. The molecule has 2 aromatic heterocycles. The Balaban J connectivity index is 2.31. The van der Waals surface area contributed by atoms with Gasteiger partial charge in [0.05, 0.1) is 0 Å². The van der Waals surface area contributed by atoms with Gasteiger partial charge in [0.25, 0.3) is 5.91 Å². The first kappa shape index (κ1) is 16.4. The monoisotopic (exact) mass is 314 g/mol. The molecule has 7 heteroatoms. The highest BCUT2D eigenvalue weighted by Crippen LogP contribution is 2.25. The van der Waals surface area contributed by atoms with Crippen molar-refractivity contribution in [3.8, 4) is 12.0 Å². The van der Waals surface area contributed by atoms with Gasteiger partial charge in [-0.1, -0.05) is 0 Å². The van der Waals surface area contributed by atoms with Gasteiger partial charge in [-0.15, -0.1) is 0 Å². The number of aryl methyl sites for hydroxylation is 1. The molecule has 0 spiro atoms. The Bertz CT molecular complexity index is 753. The number of hydrogen-bond acceptors (Lipinski definition) is 4. The molecule has 2 rings (SSSR count). The number of likely N-dealkylation sites (N-methyl/N-ethyl adjacent to an activating group) is 1. The molecule has 120 valence electrons. The van der Waals surface area contributed by atoms with Crippen LogP contribution in [0.2, 0.25) is 0 Å². The lowest BCUT2D eigenvalue weighted by atomic mass is 10.1. The van der Waals surface area contributed by atoms with Gasteiger partial charge in [-0.05, 0) is 32.9 Å². The first-order chi connectivity index (χ1) is 11.0. The first-order valence-corrected chi connectivity index (χ1v) is 7.25. The number of aromatic nitrogens is 1. The minimum atomic E-state index is -0.710. The molecule has 0 radical (unpaired) electrons. The van der Waals surface area contributed by atoms with E-state index in [0.29, 0.717) is 12.3 Å². The number of rotatable bonds is 5. The van der Waals surface area contributed by atoms with E-state index < -0.39 is 11.9 Å². The van der Waals surface area contributed by atoms with Crippen molar-refractivity contribution in [3.63, 3.8) is 0 Å². The van der Waals surface area contributed by atoms with Crippen LogP contribution in [0.15, 0.2) is 28.9 Å². The predicted molar refractivity (Wildman–Crippen MR) is 83.1 cm³/mol. The second-order valence-electron chi connectivity index (χ2n) is 5.01. The summed E-state index contributed by atoms with van der Waals surface area (Å²) in [7, 11) is 0. The topological polar surface area (TPSA) is 100 Å². The second kappa shape index (κ2) is 6.83. The van der Waals surface area contributed by atoms with Gasteiger partial charge in [0.15, 0.2) is 0 Å². The smallest absolute Gasteiger partial charge is 0.256 e. The van der Waals surface area contributed by atoms with Crippen LogP contribution < -0.4 is 10.6 Å². The molecule has 1 atom stereocenters. The lowest BCUT2D eigenvalue weighted by molar-refractivity contribution is -0.122. The third-order valence-electron chi connectivity index (χ3n) is 3.34. The fourth-order valence-electron chi connectivity index (χ4n) is 2.22. The van der Waals surface area contributed by atoms with Gasteiger partial charge in [-0.25, -0.2) is 0 Å². The summed E-state index contributed by atoms with van der Waals surface area (Å²) in [6.07, 6.45) is 3.44.